The largest absolute Gasteiger partial charge is 0.496 e. The van der Waals surface area contributed by atoms with E-state index in [1.165, 1.54) is 28.4 Å². The van der Waals surface area contributed by atoms with E-state index in [9.17, 15) is 9.13 Å². The molecule has 0 heterocycles. The maximum atomic E-state index is 14.5. The van der Waals surface area contributed by atoms with Gasteiger partial charge in [0.25, 0.3) is 0 Å². The summed E-state index contributed by atoms with van der Waals surface area (Å²) in [5.41, 5.74) is 2.92. The van der Waals surface area contributed by atoms with Crippen molar-refractivity contribution >= 4 is 25.8 Å². The van der Waals surface area contributed by atoms with Crippen molar-refractivity contribution in [2.45, 2.75) is 19.3 Å². The minimum atomic E-state index is -3.92. The zero-order chi connectivity index (χ0) is 31.4. The Kier molecular flexibility index (Phi) is 10.0. The summed E-state index contributed by atoms with van der Waals surface area (Å²) in [5.74, 6) is 0.990. The van der Waals surface area contributed by atoms with E-state index in [2.05, 4.69) is 0 Å². The highest BCUT2D eigenvalue weighted by atomic mass is 31.2. The molecular formula is C33H38O8P2. The molecule has 0 saturated heterocycles. The van der Waals surface area contributed by atoms with Crippen molar-refractivity contribution in [1.29, 1.82) is 0 Å². The van der Waals surface area contributed by atoms with Crippen molar-refractivity contribution in [2.24, 2.45) is 0 Å². The van der Waals surface area contributed by atoms with E-state index in [0.29, 0.717) is 44.4 Å². The first-order valence-electron chi connectivity index (χ1n) is 13.5. The van der Waals surface area contributed by atoms with Crippen LogP contribution in [0.1, 0.15) is 25.0 Å². The van der Waals surface area contributed by atoms with Gasteiger partial charge in [-0.15, -0.1) is 0 Å². The maximum Gasteiger partial charge on any atom is 0.361 e. The van der Waals surface area contributed by atoms with E-state index in [4.69, 9.17) is 27.6 Å². The molecule has 0 saturated carbocycles. The summed E-state index contributed by atoms with van der Waals surface area (Å²) in [6.07, 6.45) is 0. The molecule has 0 atom stereocenters. The average molecular weight is 625 g/mol. The summed E-state index contributed by atoms with van der Waals surface area (Å²) >= 11 is 0. The molecule has 0 spiro atoms. The van der Waals surface area contributed by atoms with Gasteiger partial charge in [-0.1, -0.05) is 86.6 Å². The number of hydrogen-bond acceptors (Lipinski definition) is 8. The number of ether oxygens (including phenoxy) is 2. The molecule has 0 bridgehead atoms. The first-order valence-corrected chi connectivity index (χ1v) is 16.6. The Morgan fingerprint density at radius 2 is 0.814 bits per heavy atom. The summed E-state index contributed by atoms with van der Waals surface area (Å²) in [6, 6.07) is 26.3. The van der Waals surface area contributed by atoms with Crippen LogP contribution >= 0.6 is 15.2 Å². The summed E-state index contributed by atoms with van der Waals surface area (Å²) < 4.78 is 63.0. The maximum absolute atomic E-state index is 14.5. The average Bonchev–Trinajstić information content (AvgIpc) is 3.06. The molecule has 0 unspecified atom stereocenters. The molecule has 0 aliphatic carbocycles. The molecule has 0 aliphatic heterocycles. The van der Waals surface area contributed by atoms with Crippen LogP contribution in [-0.2, 0) is 32.6 Å². The molecule has 0 amide bonds. The van der Waals surface area contributed by atoms with Gasteiger partial charge in [0.1, 0.15) is 11.5 Å². The lowest BCUT2D eigenvalue weighted by atomic mass is 9.76. The number of benzene rings is 4. The summed E-state index contributed by atoms with van der Waals surface area (Å²) in [5, 5.41) is 0.668. The van der Waals surface area contributed by atoms with E-state index >= 15 is 0 Å². The van der Waals surface area contributed by atoms with Crippen LogP contribution in [0.25, 0.3) is 22.3 Å². The lowest BCUT2D eigenvalue weighted by Gasteiger charge is -2.35. The van der Waals surface area contributed by atoms with Crippen LogP contribution < -0.4 is 20.1 Å². The third kappa shape index (κ3) is 5.84. The quantitative estimate of drug-likeness (QED) is 0.149. The molecular weight excluding hydrogens is 586 g/mol. The lowest BCUT2D eigenvalue weighted by Crippen LogP contribution is -2.34. The van der Waals surface area contributed by atoms with Crippen LogP contribution in [0.2, 0.25) is 0 Å². The Hall–Kier alpha value is -3.22. The van der Waals surface area contributed by atoms with Gasteiger partial charge in [-0.05, 0) is 34.4 Å². The predicted octanol–water partition coefficient (Wildman–Crippen LogP) is 7.59. The van der Waals surface area contributed by atoms with Crippen LogP contribution in [0.4, 0.5) is 0 Å². The zero-order valence-electron chi connectivity index (χ0n) is 25.7. The zero-order valence-corrected chi connectivity index (χ0v) is 27.5. The number of rotatable bonds is 12. The molecule has 4 aromatic rings. The normalized spacial score (nSPS) is 12.3. The molecule has 4 aromatic carbocycles. The van der Waals surface area contributed by atoms with Gasteiger partial charge >= 0.3 is 15.2 Å². The Bertz CT molecular complexity index is 1530. The van der Waals surface area contributed by atoms with Crippen molar-refractivity contribution in [3.8, 4) is 33.8 Å². The van der Waals surface area contributed by atoms with Crippen molar-refractivity contribution in [2.75, 3.05) is 42.7 Å². The fourth-order valence-corrected chi connectivity index (χ4v) is 8.84. The molecule has 0 aliphatic rings. The second kappa shape index (κ2) is 13.2. The molecule has 10 heteroatoms. The van der Waals surface area contributed by atoms with Crippen molar-refractivity contribution < 1.29 is 36.7 Å². The summed E-state index contributed by atoms with van der Waals surface area (Å²) in [4.78, 5) is 0. The van der Waals surface area contributed by atoms with Gasteiger partial charge in [-0.25, -0.2) is 0 Å². The minimum absolute atomic E-state index is 0.334. The van der Waals surface area contributed by atoms with Gasteiger partial charge in [0.15, 0.2) is 0 Å². The Balaban J connectivity index is 2.21. The molecule has 0 aromatic heterocycles. The SMILES string of the molecule is COc1ccc(C(C)(C)c2ccc(OC)c(-c3ccccc3)c2P(=O)(OC)OC)c(P(=O)(OC)OC)c1-c1ccccc1. The Labute approximate surface area is 253 Å². The first-order chi connectivity index (χ1) is 20.6. The van der Waals surface area contributed by atoms with Crippen molar-refractivity contribution in [3.05, 3.63) is 96.1 Å². The van der Waals surface area contributed by atoms with Gasteiger partial charge in [-0.2, -0.15) is 0 Å². The third-order valence-corrected chi connectivity index (χ3v) is 11.6. The Morgan fingerprint density at radius 1 is 0.488 bits per heavy atom. The van der Waals surface area contributed by atoms with Crippen LogP contribution in [0, 0.1) is 0 Å². The van der Waals surface area contributed by atoms with Crippen LogP contribution in [-0.4, -0.2) is 42.7 Å². The molecule has 0 N–H and O–H groups in total. The highest BCUT2D eigenvalue weighted by Crippen LogP contribution is 2.56. The molecule has 4 rings (SSSR count). The lowest BCUT2D eigenvalue weighted by molar-refractivity contribution is 0.286. The van der Waals surface area contributed by atoms with Gasteiger partial charge in [0, 0.05) is 45.0 Å². The molecule has 0 fully saturated rings. The second-order valence-corrected chi connectivity index (χ2v) is 14.5. The fourth-order valence-electron chi connectivity index (χ4n) is 5.49. The molecule has 43 heavy (non-hydrogen) atoms. The van der Waals surface area contributed by atoms with E-state index in [1.807, 2.05) is 98.8 Å². The Morgan fingerprint density at radius 3 is 1.09 bits per heavy atom. The van der Waals surface area contributed by atoms with Gasteiger partial charge in [-0.3, -0.25) is 9.13 Å². The van der Waals surface area contributed by atoms with E-state index in [1.54, 1.807) is 14.2 Å². The van der Waals surface area contributed by atoms with Gasteiger partial charge in [0.2, 0.25) is 0 Å². The van der Waals surface area contributed by atoms with Gasteiger partial charge < -0.3 is 27.6 Å². The standard InChI is InChI=1S/C33H38O8P2/c1-33(2,25-19-21-27(36-3)29(23-15-11-9-12-16-23)31(25)42(34,38-5)39-6)26-20-22-28(37-4)30(24-17-13-10-14-18-24)32(26)43(35,40-7)41-8/h9-22H,1-8H3. The number of methoxy groups -OCH3 is 2. The van der Waals surface area contributed by atoms with Gasteiger partial charge in [0.05, 0.1) is 24.8 Å². The highest BCUT2D eigenvalue weighted by Gasteiger charge is 2.43. The monoisotopic (exact) mass is 624 g/mol. The summed E-state index contributed by atoms with van der Waals surface area (Å²) in [7, 11) is 0.682. The topological polar surface area (TPSA) is 89.5 Å². The van der Waals surface area contributed by atoms with Crippen molar-refractivity contribution in [1.82, 2.24) is 0 Å². The van der Waals surface area contributed by atoms with Crippen LogP contribution in [0.5, 0.6) is 11.5 Å². The van der Waals surface area contributed by atoms with Crippen LogP contribution in [0.3, 0.4) is 0 Å². The van der Waals surface area contributed by atoms with E-state index in [0.717, 1.165) is 11.1 Å². The molecule has 228 valence electrons. The second-order valence-electron chi connectivity index (χ2n) is 10.2. The smallest absolute Gasteiger partial charge is 0.361 e. The van der Waals surface area contributed by atoms with Crippen molar-refractivity contribution in [3.63, 3.8) is 0 Å². The van der Waals surface area contributed by atoms with Crippen LogP contribution in [0.15, 0.2) is 84.9 Å². The first kappa shape index (κ1) is 32.7. The highest BCUT2D eigenvalue weighted by molar-refractivity contribution is 7.63. The minimum Gasteiger partial charge on any atom is -0.496 e. The van der Waals surface area contributed by atoms with E-state index in [-0.39, 0.29) is 0 Å². The third-order valence-electron chi connectivity index (χ3n) is 7.70. The van der Waals surface area contributed by atoms with E-state index < -0.39 is 20.6 Å². The summed E-state index contributed by atoms with van der Waals surface area (Å²) in [6.45, 7) is 3.91. The molecule has 0 radical (unpaired) electrons. The number of hydrogen-bond donors (Lipinski definition) is 0. The molecule has 8 nitrogen and oxygen atoms in total. The fraction of sp³-hybridized carbons (Fsp3) is 0.273. The predicted molar refractivity (Wildman–Crippen MR) is 172 cm³/mol.